The number of nitrogens with zero attached hydrogens (tertiary/aromatic N) is 4. The van der Waals surface area contributed by atoms with Crippen LogP contribution in [-0.4, -0.2) is 31.8 Å². The Hall–Kier alpha value is -1.82. The van der Waals surface area contributed by atoms with Gasteiger partial charge in [-0.15, -0.1) is 0 Å². The number of hydrogen-bond donors (Lipinski definition) is 1. The average molecular weight is 292 g/mol. The topological polar surface area (TPSA) is 65.1 Å². The average Bonchev–Trinajstić information content (AvgIpc) is 2.95. The van der Waals surface area contributed by atoms with Crippen molar-refractivity contribution < 1.29 is 9.84 Å². The van der Waals surface area contributed by atoms with Crippen LogP contribution in [0.5, 0.6) is 5.75 Å². The van der Waals surface area contributed by atoms with Gasteiger partial charge in [-0.2, -0.15) is 10.2 Å². The number of aromatic nitrogens is 4. The fourth-order valence-corrected chi connectivity index (χ4v) is 2.64. The summed E-state index contributed by atoms with van der Waals surface area (Å²) >= 11 is 0. The molecule has 2 heterocycles. The maximum Gasteiger partial charge on any atom is 0.162 e. The largest absolute Gasteiger partial charge is 0.493 e. The van der Waals surface area contributed by atoms with E-state index in [4.69, 9.17) is 4.74 Å². The first-order valence-corrected chi connectivity index (χ1v) is 7.15. The number of methoxy groups -OCH3 is 1. The lowest BCUT2D eigenvalue weighted by atomic mass is 10.0. The number of aliphatic hydroxyl groups excluding tert-OH is 1. The molecule has 0 aliphatic rings. The van der Waals surface area contributed by atoms with Crippen LogP contribution in [0.2, 0.25) is 0 Å². The first-order valence-electron chi connectivity index (χ1n) is 7.15. The number of ether oxygens (including phenoxy) is 1. The predicted octanol–water partition coefficient (Wildman–Crippen LogP) is 2.10. The molecule has 0 bridgehead atoms. The number of hydrogen-bond acceptors (Lipinski definition) is 4. The third kappa shape index (κ3) is 2.81. The van der Waals surface area contributed by atoms with Crippen LogP contribution in [0.1, 0.15) is 48.6 Å². The Bertz CT molecular complexity index is 628. The van der Waals surface area contributed by atoms with Gasteiger partial charge in [-0.05, 0) is 33.3 Å². The Kier molecular flexibility index (Phi) is 4.37. The minimum absolute atomic E-state index is 0.162. The Morgan fingerprint density at radius 1 is 1.33 bits per heavy atom. The van der Waals surface area contributed by atoms with Crippen LogP contribution in [-0.2, 0) is 13.5 Å². The zero-order valence-electron chi connectivity index (χ0n) is 13.6. The lowest BCUT2D eigenvalue weighted by Crippen LogP contribution is -2.14. The minimum atomic E-state index is -0.675. The van der Waals surface area contributed by atoms with E-state index < -0.39 is 6.10 Å². The molecule has 2 aromatic heterocycles. The van der Waals surface area contributed by atoms with Crippen molar-refractivity contribution in [2.24, 2.45) is 7.05 Å². The van der Waals surface area contributed by atoms with Gasteiger partial charge in [-0.3, -0.25) is 9.36 Å². The normalized spacial score (nSPS) is 13.0. The van der Waals surface area contributed by atoms with Crippen molar-refractivity contribution >= 4 is 0 Å². The maximum absolute atomic E-state index is 10.7. The van der Waals surface area contributed by atoms with Gasteiger partial charge in [0, 0.05) is 25.2 Å². The molecule has 0 fully saturated rings. The molecule has 0 amide bonds. The second-order valence-electron chi connectivity index (χ2n) is 5.63. The van der Waals surface area contributed by atoms with E-state index in [0.29, 0.717) is 12.2 Å². The van der Waals surface area contributed by atoms with Gasteiger partial charge in [-0.1, -0.05) is 0 Å². The molecule has 0 aliphatic carbocycles. The summed E-state index contributed by atoms with van der Waals surface area (Å²) < 4.78 is 8.99. The Balaban J connectivity index is 2.36. The molecule has 0 radical (unpaired) electrons. The number of aliphatic hydroxyl groups is 1. The molecule has 0 saturated heterocycles. The zero-order chi connectivity index (χ0) is 15.7. The van der Waals surface area contributed by atoms with Crippen molar-refractivity contribution in [2.45, 2.75) is 46.3 Å². The van der Waals surface area contributed by atoms with E-state index >= 15 is 0 Å². The SMILES string of the molecule is COc1cnn(C(C)C)c1C(O)Cc1c(C)nn(C)c1C. The molecular formula is C15H24N4O2. The summed E-state index contributed by atoms with van der Waals surface area (Å²) in [7, 11) is 3.51. The van der Waals surface area contributed by atoms with Gasteiger partial charge in [0.05, 0.1) is 19.0 Å². The third-order valence-electron chi connectivity index (χ3n) is 3.88. The van der Waals surface area contributed by atoms with Crippen LogP contribution in [0.3, 0.4) is 0 Å². The molecule has 6 heteroatoms. The number of rotatable bonds is 5. The van der Waals surface area contributed by atoms with Gasteiger partial charge in [0.15, 0.2) is 5.75 Å². The quantitative estimate of drug-likeness (QED) is 0.916. The molecule has 0 spiro atoms. The van der Waals surface area contributed by atoms with Crippen molar-refractivity contribution in [1.29, 1.82) is 0 Å². The Labute approximate surface area is 125 Å². The summed E-state index contributed by atoms with van der Waals surface area (Å²) in [6.45, 7) is 8.04. The maximum atomic E-state index is 10.7. The second-order valence-corrected chi connectivity index (χ2v) is 5.63. The molecule has 116 valence electrons. The molecule has 6 nitrogen and oxygen atoms in total. The van der Waals surface area contributed by atoms with E-state index in [9.17, 15) is 5.11 Å². The molecule has 0 saturated carbocycles. The van der Waals surface area contributed by atoms with Gasteiger partial charge in [0.25, 0.3) is 0 Å². The van der Waals surface area contributed by atoms with Crippen LogP contribution < -0.4 is 4.74 Å². The predicted molar refractivity (Wildman–Crippen MR) is 80.5 cm³/mol. The van der Waals surface area contributed by atoms with E-state index in [1.54, 1.807) is 13.3 Å². The molecule has 0 aliphatic heterocycles. The summed E-state index contributed by atoms with van der Waals surface area (Å²) in [6.07, 6.45) is 1.48. The summed E-state index contributed by atoms with van der Waals surface area (Å²) in [6, 6.07) is 0.162. The fraction of sp³-hybridized carbons (Fsp3) is 0.600. The molecule has 1 N–H and O–H groups in total. The molecule has 1 atom stereocenters. The van der Waals surface area contributed by atoms with Crippen LogP contribution in [0.25, 0.3) is 0 Å². The standard InChI is InChI=1S/C15H24N4O2/c1-9(2)19-15(14(21-6)8-16-19)13(20)7-12-10(3)17-18(5)11(12)4/h8-9,13,20H,7H2,1-6H3. The van der Waals surface area contributed by atoms with Crippen LogP contribution in [0, 0.1) is 13.8 Å². The number of aryl methyl sites for hydroxylation is 2. The van der Waals surface area contributed by atoms with Gasteiger partial charge in [-0.25, -0.2) is 0 Å². The monoisotopic (exact) mass is 292 g/mol. The molecule has 2 rings (SSSR count). The van der Waals surface area contributed by atoms with Crippen molar-refractivity contribution in [1.82, 2.24) is 19.6 Å². The van der Waals surface area contributed by atoms with E-state index in [0.717, 1.165) is 22.6 Å². The third-order valence-corrected chi connectivity index (χ3v) is 3.88. The van der Waals surface area contributed by atoms with E-state index in [2.05, 4.69) is 10.2 Å². The van der Waals surface area contributed by atoms with E-state index in [-0.39, 0.29) is 6.04 Å². The highest BCUT2D eigenvalue weighted by Gasteiger charge is 2.24. The zero-order valence-corrected chi connectivity index (χ0v) is 13.6. The Morgan fingerprint density at radius 3 is 2.48 bits per heavy atom. The van der Waals surface area contributed by atoms with Crippen molar-refractivity contribution in [2.75, 3.05) is 7.11 Å². The molecule has 0 aromatic carbocycles. The summed E-state index contributed by atoms with van der Waals surface area (Å²) in [5, 5.41) is 19.4. The summed E-state index contributed by atoms with van der Waals surface area (Å²) in [4.78, 5) is 0. The van der Waals surface area contributed by atoms with Gasteiger partial charge >= 0.3 is 0 Å². The van der Waals surface area contributed by atoms with E-state index in [1.165, 1.54) is 0 Å². The minimum Gasteiger partial charge on any atom is -0.493 e. The van der Waals surface area contributed by atoms with E-state index in [1.807, 2.05) is 44.1 Å². The smallest absolute Gasteiger partial charge is 0.162 e. The van der Waals surface area contributed by atoms with Crippen molar-refractivity contribution in [3.05, 3.63) is 28.8 Å². The lowest BCUT2D eigenvalue weighted by Gasteiger charge is -2.17. The van der Waals surface area contributed by atoms with Gasteiger partial charge in [0.2, 0.25) is 0 Å². The van der Waals surface area contributed by atoms with Crippen molar-refractivity contribution in [3.8, 4) is 5.75 Å². The fourth-order valence-electron chi connectivity index (χ4n) is 2.64. The molecule has 21 heavy (non-hydrogen) atoms. The Morgan fingerprint density at radius 2 is 2.00 bits per heavy atom. The highest BCUT2D eigenvalue weighted by Crippen LogP contribution is 2.30. The highest BCUT2D eigenvalue weighted by atomic mass is 16.5. The van der Waals surface area contributed by atoms with Gasteiger partial charge in [0.1, 0.15) is 11.8 Å². The highest BCUT2D eigenvalue weighted by molar-refractivity contribution is 5.32. The first-order chi connectivity index (χ1) is 9.86. The molecule has 1 unspecified atom stereocenters. The van der Waals surface area contributed by atoms with Crippen molar-refractivity contribution in [3.63, 3.8) is 0 Å². The second kappa shape index (κ2) is 5.89. The molecule has 2 aromatic rings. The van der Waals surface area contributed by atoms with Gasteiger partial charge < -0.3 is 9.84 Å². The van der Waals surface area contributed by atoms with Crippen LogP contribution >= 0.6 is 0 Å². The van der Waals surface area contributed by atoms with Crippen LogP contribution in [0.15, 0.2) is 6.20 Å². The summed E-state index contributed by atoms with van der Waals surface area (Å²) in [5.74, 6) is 0.621. The summed E-state index contributed by atoms with van der Waals surface area (Å²) in [5.41, 5.74) is 3.81. The molecular weight excluding hydrogens is 268 g/mol. The lowest BCUT2D eigenvalue weighted by molar-refractivity contribution is 0.160. The van der Waals surface area contributed by atoms with Crippen LogP contribution in [0.4, 0.5) is 0 Å². The first kappa shape index (κ1) is 15.6.